The minimum atomic E-state index is 0.544. The summed E-state index contributed by atoms with van der Waals surface area (Å²) < 4.78 is 0. The molecule has 0 saturated heterocycles. The first-order valence-electron chi connectivity index (χ1n) is 7.32. The van der Waals surface area contributed by atoms with Crippen LogP contribution in [0, 0.1) is 0 Å². The molecule has 0 bridgehead atoms. The Morgan fingerprint density at radius 3 is 2.48 bits per heavy atom. The molecule has 0 spiro atoms. The van der Waals surface area contributed by atoms with Gasteiger partial charge in [-0.3, -0.25) is 0 Å². The fraction of sp³-hybridized carbons (Fsp3) is 0.375. The molecule has 2 N–H and O–H groups in total. The van der Waals surface area contributed by atoms with Gasteiger partial charge in [-0.05, 0) is 50.3 Å². The first-order valence-corrected chi connectivity index (χ1v) is 8.55. The van der Waals surface area contributed by atoms with Gasteiger partial charge < -0.3 is 10.6 Å². The van der Waals surface area contributed by atoms with Gasteiger partial charge in [-0.1, -0.05) is 0 Å². The Balaban J connectivity index is 1.82. The predicted octanol–water partition coefficient (Wildman–Crippen LogP) is 4.25. The summed E-state index contributed by atoms with van der Waals surface area (Å²) in [4.78, 5) is 10.5. The lowest BCUT2D eigenvalue weighted by atomic mass is 10.3. The summed E-state index contributed by atoms with van der Waals surface area (Å²) in [6, 6.07) is 10.4. The maximum absolute atomic E-state index is 4.65. The van der Waals surface area contributed by atoms with Crippen LogP contribution in [0.25, 0.3) is 0 Å². The van der Waals surface area contributed by atoms with Crippen LogP contribution in [0.5, 0.6) is 0 Å². The third-order valence-corrected chi connectivity index (χ3v) is 4.15. The van der Waals surface area contributed by atoms with E-state index in [-0.39, 0.29) is 0 Å². The van der Waals surface area contributed by atoms with Gasteiger partial charge in [0.15, 0.2) is 0 Å². The van der Waals surface area contributed by atoms with Gasteiger partial charge in [0.1, 0.15) is 17.5 Å². The lowest BCUT2D eigenvalue weighted by Crippen LogP contribution is -2.05. The standard InChI is InChI=1S/C16H20N4S/c1-3-17-14-10-15(20-16(19-14)11-4-5-11)18-12-6-8-13(21-2)9-7-12/h6-11H,3-5H2,1-2H3,(H2,17,18,19,20). The Labute approximate surface area is 129 Å². The zero-order valence-electron chi connectivity index (χ0n) is 12.4. The first-order chi connectivity index (χ1) is 10.3. The third kappa shape index (κ3) is 3.67. The normalized spacial score (nSPS) is 14.0. The van der Waals surface area contributed by atoms with Gasteiger partial charge in [-0.2, -0.15) is 0 Å². The number of benzene rings is 1. The molecule has 3 rings (SSSR count). The summed E-state index contributed by atoms with van der Waals surface area (Å²) in [6.07, 6.45) is 4.49. The molecule has 2 aromatic rings. The fourth-order valence-electron chi connectivity index (χ4n) is 2.15. The van der Waals surface area contributed by atoms with Crippen molar-refractivity contribution < 1.29 is 0 Å². The molecule has 5 heteroatoms. The van der Waals surface area contributed by atoms with E-state index in [0.29, 0.717) is 5.92 Å². The molecule has 110 valence electrons. The summed E-state index contributed by atoms with van der Waals surface area (Å²) in [6.45, 7) is 2.94. The van der Waals surface area contributed by atoms with Crippen molar-refractivity contribution in [3.63, 3.8) is 0 Å². The van der Waals surface area contributed by atoms with Crippen molar-refractivity contribution in [3.05, 3.63) is 36.2 Å². The zero-order valence-corrected chi connectivity index (χ0v) is 13.2. The summed E-state index contributed by atoms with van der Waals surface area (Å²) in [5, 5.41) is 6.66. The predicted molar refractivity (Wildman–Crippen MR) is 89.7 cm³/mol. The van der Waals surface area contributed by atoms with Crippen molar-refractivity contribution >= 4 is 29.1 Å². The Morgan fingerprint density at radius 2 is 1.86 bits per heavy atom. The molecule has 1 aliphatic carbocycles. The summed E-state index contributed by atoms with van der Waals surface area (Å²) in [7, 11) is 0. The van der Waals surface area contributed by atoms with E-state index in [1.807, 2.05) is 6.07 Å². The van der Waals surface area contributed by atoms with E-state index in [1.165, 1.54) is 17.7 Å². The van der Waals surface area contributed by atoms with Crippen LogP contribution in [0.2, 0.25) is 0 Å². The lowest BCUT2D eigenvalue weighted by molar-refractivity contribution is 0.927. The topological polar surface area (TPSA) is 49.8 Å². The van der Waals surface area contributed by atoms with E-state index in [9.17, 15) is 0 Å². The monoisotopic (exact) mass is 300 g/mol. The van der Waals surface area contributed by atoms with Gasteiger partial charge in [-0.15, -0.1) is 11.8 Å². The Morgan fingerprint density at radius 1 is 1.14 bits per heavy atom. The van der Waals surface area contributed by atoms with Crippen molar-refractivity contribution in [1.29, 1.82) is 0 Å². The van der Waals surface area contributed by atoms with E-state index in [0.717, 1.165) is 29.7 Å². The second-order valence-electron chi connectivity index (χ2n) is 5.15. The molecule has 1 aliphatic rings. The number of thioether (sulfide) groups is 1. The largest absolute Gasteiger partial charge is 0.370 e. The molecule has 1 heterocycles. The first kappa shape index (κ1) is 14.2. The smallest absolute Gasteiger partial charge is 0.136 e. The van der Waals surface area contributed by atoms with Crippen molar-refractivity contribution in [1.82, 2.24) is 9.97 Å². The van der Waals surface area contributed by atoms with E-state index >= 15 is 0 Å². The molecular formula is C16H20N4S. The molecule has 0 atom stereocenters. The van der Waals surface area contributed by atoms with Crippen LogP contribution >= 0.6 is 11.8 Å². The van der Waals surface area contributed by atoms with Crippen LogP contribution in [0.15, 0.2) is 35.2 Å². The van der Waals surface area contributed by atoms with Crippen LogP contribution in [0.1, 0.15) is 31.5 Å². The maximum Gasteiger partial charge on any atom is 0.136 e. The van der Waals surface area contributed by atoms with Crippen molar-refractivity contribution in [3.8, 4) is 0 Å². The van der Waals surface area contributed by atoms with Crippen LogP contribution in [-0.2, 0) is 0 Å². The number of nitrogens with one attached hydrogen (secondary N) is 2. The number of hydrogen-bond acceptors (Lipinski definition) is 5. The molecule has 1 saturated carbocycles. The van der Waals surface area contributed by atoms with Gasteiger partial charge in [0.25, 0.3) is 0 Å². The number of aromatic nitrogens is 2. The second-order valence-corrected chi connectivity index (χ2v) is 6.03. The van der Waals surface area contributed by atoms with E-state index in [4.69, 9.17) is 0 Å². The summed E-state index contributed by atoms with van der Waals surface area (Å²) >= 11 is 1.74. The average molecular weight is 300 g/mol. The minimum absolute atomic E-state index is 0.544. The molecule has 1 aromatic heterocycles. The Hall–Kier alpha value is -1.75. The van der Waals surface area contributed by atoms with E-state index in [1.54, 1.807) is 11.8 Å². The highest BCUT2D eigenvalue weighted by Crippen LogP contribution is 2.39. The summed E-state index contributed by atoms with van der Waals surface area (Å²) in [5.41, 5.74) is 1.05. The molecule has 0 radical (unpaired) electrons. The number of hydrogen-bond donors (Lipinski definition) is 2. The fourth-order valence-corrected chi connectivity index (χ4v) is 2.56. The highest BCUT2D eigenvalue weighted by molar-refractivity contribution is 7.98. The highest BCUT2D eigenvalue weighted by Gasteiger charge is 2.27. The molecule has 21 heavy (non-hydrogen) atoms. The Bertz CT molecular complexity index is 608. The van der Waals surface area contributed by atoms with Crippen molar-refractivity contribution in [2.24, 2.45) is 0 Å². The van der Waals surface area contributed by atoms with E-state index < -0.39 is 0 Å². The van der Waals surface area contributed by atoms with Gasteiger partial charge >= 0.3 is 0 Å². The van der Waals surface area contributed by atoms with Crippen LogP contribution in [0.3, 0.4) is 0 Å². The second kappa shape index (κ2) is 6.35. The molecule has 4 nitrogen and oxygen atoms in total. The molecule has 1 fully saturated rings. The Kier molecular flexibility index (Phi) is 4.29. The number of rotatable bonds is 6. The highest BCUT2D eigenvalue weighted by atomic mass is 32.2. The molecule has 0 unspecified atom stereocenters. The number of anilines is 3. The maximum atomic E-state index is 4.65. The lowest BCUT2D eigenvalue weighted by Gasteiger charge is -2.10. The van der Waals surface area contributed by atoms with E-state index in [2.05, 4.69) is 58.0 Å². The van der Waals surface area contributed by atoms with Crippen LogP contribution in [0.4, 0.5) is 17.3 Å². The van der Waals surface area contributed by atoms with Gasteiger partial charge in [0.05, 0.1) is 0 Å². The van der Waals surface area contributed by atoms with Gasteiger partial charge in [0.2, 0.25) is 0 Å². The quantitative estimate of drug-likeness (QED) is 0.781. The zero-order chi connectivity index (χ0) is 14.7. The molecule has 0 aliphatic heterocycles. The van der Waals surface area contributed by atoms with Crippen LogP contribution < -0.4 is 10.6 Å². The summed E-state index contributed by atoms with van der Waals surface area (Å²) in [5.74, 6) is 3.26. The molecule has 0 amide bonds. The van der Waals surface area contributed by atoms with Crippen molar-refractivity contribution in [2.75, 3.05) is 23.4 Å². The average Bonchev–Trinajstić information content (AvgIpc) is 3.33. The third-order valence-electron chi connectivity index (χ3n) is 3.41. The SMILES string of the molecule is CCNc1cc(Nc2ccc(SC)cc2)nc(C2CC2)n1. The van der Waals surface area contributed by atoms with Gasteiger partial charge in [0, 0.05) is 29.1 Å². The van der Waals surface area contributed by atoms with Crippen LogP contribution in [-0.4, -0.2) is 22.8 Å². The minimum Gasteiger partial charge on any atom is -0.370 e. The molecular weight excluding hydrogens is 280 g/mol. The van der Waals surface area contributed by atoms with Gasteiger partial charge in [-0.25, -0.2) is 9.97 Å². The molecule has 1 aromatic carbocycles. The number of nitrogens with zero attached hydrogens (tertiary/aromatic N) is 2. The van der Waals surface area contributed by atoms with Crippen molar-refractivity contribution in [2.45, 2.75) is 30.6 Å².